The first-order valence-corrected chi connectivity index (χ1v) is 9.62. The molecular formula is C22H17N3OS. The van der Waals surface area contributed by atoms with E-state index < -0.39 is 0 Å². The minimum absolute atomic E-state index is 0.0461. The second-order valence-electron chi connectivity index (χ2n) is 6.22. The van der Waals surface area contributed by atoms with E-state index in [9.17, 15) is 4.79 Å². The molecule has 0 spiro atoms. The molecule has 4 aromatic rings. The van der Waals surface area contributed by atoms with Crippen molar-refractivity contribution in [2.75, 3.05) is 0 Å². The summed E-state index contributed by atoms with van der Waals surface area (Å²) in [5.74, 6) is 0.660. The number of nitriles is 1. The lowest BCUT2D eigenvalue weighted by Gasteiger charge is -2.11. The van der Waals surface area contributed by atoms with Crippen LogP contribution in [0.15, 0.2) is 71.5 Å². The first kappa shape index (κ1) is 17.2. The van der Waals surface area contributed by atoms with Crippen LogP contribution in [0.25, 0.3) is 32.0 Å². The van der Waals surface area contributed by atoms with Gasteiger partial charge < -0.3 is 0 Å². The molecule has 2 aromatic heterocycles. The molecule has 0 unspecified atom stereocenters. The van der Waals surface area contributed by atoms with Crippen molar-refractivity contribution >= 4 is 21.6 Å². The van der Waals surface area contributed by atoms with Gasteiger partial charge in [0.25, 0.3) is 5.56 Å². The Kier molecular flexibility index (Phi) is 4.82. The summed E-state index contributed by atoms with van der Waals surface area (Å²) in [6.45, 7) is 0.482. The average Bonchev–Trinajstić information content (AvgIpc) is 3.15. The monoisotopic (exact) mass is 371 g/mol. The fourth-order valence-corrected chi connectivity index (χ4v) is 4.12. The van der Waals surface area contributed by atoms with E-state index in [0.717, 1.165) is 20.8 Å². The fourth-order valence-electron chi connectivity index (χ4n) is 3.09. The third-order valence-electron chi connectivity index (χ3n) is 4.41. The van der Waals surface area contributed by atoms with Crippen molar-refractivity contribution in [1.29, 1.82) is 5.26 Å². The lowest BCUT2D eigenvalue weighted by Crippen LogP contribution is -2.23. The number of fused-ring (bicyclic) bond motifs is 1. The Morgan fingerprint density at radius 3 is 2.33 bits per heavy atom. The zero-order valence-electron chi connectivity index (χ0n) is 14.6. The highest BCUT2D eigenvalue weighted by Gasteiger charge is 2.15. The van der Waals surface area contributed by atoms with Gasteiger partial charge in [-0.15, -0.1) is 11.3 Å². The predicted octanol–water partition coefficient (Wildman–Crippen LogP) is 5.10. The normalized spacial score (nSPS) is 10.8. The van der Waals surface area contributed by atoms with Gasteiger partial charge in [-0.25, -0.2) is 4.98 Å². The second kappa shape index (κ2) is 7.56. The Bertz CT molecular complexity index is 1170. The number of unbranched alkanes of at least 4 members (excludes halogenated alkanes) is 1. The number of hydrogen-bond acceptors (Lipinski definition) is 4. The lowest BCUT2D eigenvalue weighted by atomic mass is 10.1. The van der Waals surface area contributed by atoms with E-state index in [1.54, 1.807) is 4.57 Å². The van der Waals surface area contributed by atoms with Crippen LogP contribution in [0.3, 0.4) is 0 Å². The standard InChI is InChI=1S/C22H17N3OS/c23-13-7-8-14-25-20(17-11-5-2-6-12-17)24-21-18(22(25)26)15-19(27-21)16-9-3-1-4-10-16/h1-6,9-12,15H,7-8,14H2. The molecule has 0 saturated carbocycles. The highest BCUT2D eigenvalue weighted by Crippen LogP contribution is 2.32. The summed E-state index contributed by atoms with van der Waals surface area (Å²) in [6, 6.07) is 23.8. The van der Waals surface area contributed by atoms with Gasteiger partial charge in [0.2, 0.25) is 0 Å². The number of aromatic nitrogens is 2. The van der Waals surface area contributed by atoms with Gasteiger partial charge in [-0.3, -0.25) is 9.36 Å². The maximum atomic E-state index is 13.2. The van der Waals surface area contributed by atoms with Gasteiger partial charge >= 0.3 is 0 Å². The van der Waals surface area contributed by atoms with Crippen LogP contribution in [-0.4, -0.2) is 9.55 Å². The Morgan fingerprint density at radius 2 is 1.67 bits per heavy atom. The summed E-state index contributed by atoms with van der Waals surface area (Å²) in [5.41, 5.74) is 1.94. The summed E-state index contributed by atoms with van der Waals surface area (Å²) < 4.78 is 1.70. The van der Waals surface area contributed by atoms with Gasteiger partial charge in [0.1, 0.15) is 10.7 Å². The smallest absolute Gasteiger partial charge is 0.262 e. The summed E-state index contributed by atoms with van der Waals surface area (Å²) in [6.07, 6.45) is 1.04. The van der Waals surface area contributed by atoms with Gasteiger partial charge in [-0.2, -0.15) is 5.26 Å². The molecule has 0 bridgehead atoms. The topological polar surface area (TPSA) is 58.7 Å². The summed E-state index contributed by atoms with van der Waals surface area (Å²) in [5, 5.41) is 9.48. The van der Waals surface area contributed by atoms with Crippen LogP contribution in [0.4, 0.5) is 0 Å². The number of thiophene rings is 1. The van der Waals surface area contributed by atoms with Crippen molar-refractivity contribution in [3.05, 3.63) is 77.1 Å². The Hall–Kier alpha value is -3.23. The van der Waals surface area contributed by atoms with Crippen molar-refractivity contribution in [3.63, 3.8) is 0 Å². The van der Waals surface area contributed by atoms with E-state index in [2.05, 4.69) is 6.07 Å². The number of rotatable bonds is 5. The Labute approximate surface area is 161 Å². The summed E-state index contributed by atoms with van der Waals surface area (Å²) in [7, 11) is 0. The third-order valence-corrected chi connectivity index (χ3v) is 5.49. The lowest BCUT2D eigenvalue weighted by molar-refractivity contribution is 0.634. The average molecular weight is 371 g/mol. The van der Waals surface area contributed by atoms with Crippen molar-refractivity contribution in [2.45, 2.75) is 19.4 Å². The molecule has 5 heteroatoms. The van der Waals surface area contributed by atoms with E-state index in [-0.39, 0.29) is 5.56 Å². The molecule has 0 fully saturated rings. The molecule has 2 heterocycles. The highest BCUT2D eigenvalue weighted by molar-refractivity contribution is 7.21. The van der Waals surface area contributed by atoms with Crippen molar-refractivity contribution in [1.82, 2.24) is 9.55 Å². The van der Waals surface area contributed by atoms with E-state index in [1.165, 1.54) is 11.3 Å². The van der Waals surface area contributed by atoms with Crippen LogP contribution >= 0.6 is 11.3 Å². The number of benzene rings is 2. The molecule has 27 heavy (non-hydrogen) atoms. The van der Waals surface area contributed by atoms with Crippen molar-refractivity contribution in [2.24, 2.45) is 0 Å². The molecule has 0 N–H and O–H groups in total. The maximum absolute atomic E-state index is 13.2. The maximum Gasteiger partial charge on any atom is 0.262 e. The minimum atomic E-state index is -0.0461. The summed E-state index contributed by atoms with van der Waals surface area (Å²) >= 11 is 1.53. The zero-order chi connectivity index (χ0) is 18.6. The predicted molar refractivity (Wildman–Crippen MR) is 110 cm³/mol. The fraction of sp³-hybridized carbons (Fsp3) is 0.136. The quantitative estimate of drug-likeness (QED) is 0.459. The molecule has 0 aliphatic heterocycles. The van der Waals surface area contributed by atoms with E-state index in [4.69, 9.17) is 10.2 Å². The molecule has 0 aliphatic rings. The Morgan fingerprint density at radius 1 is 1.00 bits per heavy atom. The molecule has 132 valence electrons. The van der Waals surface area contributed by atoms with Crippen LogP contribution in [0, 0.1) is 11.3 Å². The molecule has 4 rings (SSSR count). The minimum Gasteiger partial charge on any atom is -0.292 e. The van der Waals surface area contributed by atoms with E-state index >= 15 is 0 Å². The molecule has 0 aliphatic carbocycles. The first-order chi connectivity index (χ1) is 13.3. The van der Waals surface area contributed by atoms with Gasteiger partial charge in [0, 0.05) is 23.4 Å². The molecule has 0 atom stereocenters. The molecule has 0 radical (unpaired) electrons. The molecule has 0 saturated heterocycles. The molecule has 2 aromatic carbocycles. The van der Waals surface area contributed by atoms with Gasteiger partial charge in [0.05, 0.1) is 11.5 Å². The van der Waals surface area contributed by atoms with Crippen molar-refractivity contribution in [3.8, 4) is 27.9 Å². The van der Waals surface area contributed by atoms with Crippen LogP contribution in [0.5, 0.6) is 0 Å². The van der Waals surface area contributed by atoms with E-state index in [0.29, 0.717) is 30.6 Å². The van der Waals surface area contributed by atoms with Crippen LogP contribution in [-0.2, 0) is 6.54 Å². The van der Waals surface area contributed by atoms with Crippen molar-refractivity contribution < 1.29 is 0 Å². The second-order valence-corrected chi connectivity index (χ2v) is 7.25. The number of nitrogens with zero attached hydrogens (tertiary/aromatic N) is 3. The van der Waals surface area contributed by atoms with Gasteiger partial charge in [-0.1, -0.05) is 60.7 Å². The van der Waals surface area contributed by atoms with Crippen LogP contribution < -0.4 is 5.56 Å². The molecular weight excluding hydrogens is 354 g/mol. The SMILES string of the molecule is N#CCCCn1c(-c2ccccc2)nc2sc(-c3ccccc3)cc2c1=O. The van der Waals surface area contributed by atoms with Crippen LogP contribution in [0.1, 0.15) is 12.8 Å². The zero-order valence-corrected chi connectivity index (χ0v) is 15.4. The van der Waals surface area contributed by atoms with Gasteiger partial charge in [0.15, 0.2) is 0 Å². The molecule has 0 amide bonds. The molecule has 4 nitrogen and oxygen atoms in total. The van der Waals surface area contributed by atoms with Crippen LogP contribution in [0.2, 0.25) is 0 Å². The first-order valence-electron chi connectivity index (χ1n) is 8.80. The van der Waals surface area contributed by atoms with E-state index in [1.807, 2.05) is 66.7 Å². The highest BCUT2D eigenvalue weighted by atomic mass is 32.1. The van der Waals surface area contributed by atoms with Gasteiger partial charge in [-0.05, 0) is 18.1 Å². The Balaban J connectivity index is 1.91. The number of hydrogen-bond donors (Lipinski definition) is 0. The third kappa shape index (κ3) is 3.40. The summed E-state index contributed by atoms with van der Waals surface area (Å²) in [4.78, 5) is 19.8. The largest absolute Gasteiger partial charge is 0.292 e.